The Balaban J connectivity index is 1.15. The number of piperidine rings is 1. The van der Waals surface area contributed by atoms with E-state index >= 15 is 0 Å². The van der Waals surface area contributed by atoms with Crippen LogP contribution in [0.1, 0.15) is 50.0 Å². The molecule has 3 aliphatic heterocycles. The molecule has 1 aromatic rings. The number of amides is 2. The van der Waals surface area contributed by atoms with Crippen molar-refractivity contribution < 1.29 is 13.8 Å². The Hall–Kier alpha value is -1.69. The van der Waals surface area contributed by atoms with Gasteiger partial charge in [-0.25, -0.2) is 0 Å². The number of benzene rings is 1. The first kappa shape index (κ1) is 18.3. The van der Waals surface area contributed by atoms with E-state index < -0.39 is 10.8 Å². The summed E-state index contributed by atoms with van der Waals surface area (Å²) in [6.45, 7) is 1.23. The maximum absolute atomic E-state index is 13.0. The largest absolute Gasteiger partial charge is 0.338 e. The Kier molecular flexibility index (Phi) is 4.77. The van der Waals surface area contributed by atoms with Crippen molar-refractivity contribution in [2.75, 3.05) is 18.8 Å². The monoisotopic (exact) mass is 400 g/mol. The quantitative estimate of drug-likeness (QED) is 0.762. The molecule has 6 rings (SSSR count). The van der Waals surface area contributed by atoms with Gasteiger partial charge in [-0.2, -0.15) is 0 Å². The van der Waals surface area contributed by atoms with Gasteiger partial charge >= 0.3 is 0 Å². The van der Waals surface area contributed by atoms with Gasteiger partial charge in [0.25, 0.3) is 0 Å². The van der Waals surface area contributed by atoms with Crippen LogP contribution in [0.2, 0.25) is 0 Å². The van der Waals surface area contributed by atoms with Gasteiger partial charge in [0.05, 0.1) is 12.1 Å². The van der Waals surface area contributed by atoms with Crippen LogP contribution < -0.4 is 0 Å². The fraction of sp³-hybridized carbons (Fsp3) is 0.636. The van der Waals surface area contributed by atoms with Crippen molar-refractivity contribution in [3.8, 4) is 0 Å². The third-order valence-corrected chi connectivity index (χ3v) is 8.82. The highest BCUT2D eigenvalue weighted by atomic mass is 32.2. The standard InChI is InChI=1S/C22H28N2O3S/c25-21(14-28(27)18-8-4-5-9-18)23-12-16-10-17(13-23)24(16)22(26)20-11-19(20)15-6-2-1-3-7-15/h1-3,6-7,16-20H,4-5,8-14H2/t16?,17?,19?,20-,28?/m0/s1. The molecule has 2 aliphatic carbocycles. The molecule has 3 saturated heterocycles. The summed E-state index contributed by atoms with van der Waals surface area (Å²) >= 11 is 0. The zero-order valence-corrected chi connectivity index (χ0v) is 17.0. The number of fused-ring (bicyclic) bond motifs is 2. The first-order chi connectivity index (χ1) is 13.6. The van der Waals surface area contributed by atoms with Gasteiger partial charge in [-0.05, 0) is 37.2 Å². The SMILES string of the molecule is O=C(CS(=O)C1CCCC1)N1CC2CC(C1)N2C(=O)[C@H]1CC1c1ccccc1. The van der Waals surface area contributed by atoms with Crippen LogP contribution in [0.4, 0.5) is 0 Å². The molecule has 5 aliphatic rings. The summed E-state index contributed by atoms with van der Waals surface area (Å²) < 4.78 is 12.4. The summed E-state index contributed by atoms with van der Waals surface area (Å²) in [5, 5.41) is 0.214. The minimum Gasteiger partial charge on any atom is -0.338 e. The number of carbonyl (C=O) groups is 2. The third-order valence-electron chi connectivity index (χ3n) is 7.08. The van der Waals surface area contributed by atoms with Gasteiger partial charge in [-0.1, -0.05) is 43.2 Å². The highest BCUT2D eigenvalue weighted by molar-refractivity contribution is 7.86. The number of nitrogens with zero attached hydrogens (tertiary/aromatic N) is 2. The van der Waals surface area contributed by atoms with E-state index in [1.807, 2.05) is 28.0 Å². The molecule has 0 radical (unpaired) electrons. The predicted octanol–water partition coefficient (Wildman–Crippen LogP) is 2.29. The van der Waals surface area contributed by atoms with Gasteiger partial charge in [-0.15, -0.1) is 0 Å². The average Bonchev–Trinajstić information content (AvgIpc) is 3.33. The number of carbonyl (C=O) groups excluding carboxylic acids is 2. The Bertz CT molecular complexity index is 780. The minimum absolute atomic E-state index is 0.0145. The summed E-state index contributed by atoms with van der Waals surface area (Å²) in [5.74, 6) is 0.931. The molecule has 5 fully saturated rings. The summed E-state index contributed by atoms with van der Waals surface area (Å²) in [6, 6.07) is 10.6. The fourth-order valence-electron chi connectivity index (χ4n) is 5.38. The van der Waals surface area contributed by atoms with Crippen molar-refractivity contribution in [2.45, 2.75) is 61.8 Å². The van der Waals surface area contributed by atoms with E-state index in [4.69, 9.17) is 0 Å². The highest BCUT2D eigenvalue weighted by Crippen LogP contribution is 2.50. The van der Waals surface area contributed by atoms with Crippen LogP contribution in [0, 0.1) is 5.92 Å². The van der Waals surface area contributed by atoms with Gasteiger partial charge in [0, 0.05) is 35.1 Å². The van der Waals surface area contributed by atoms with E-state index in [2.05, 4.69) is 12.1 Å². The van der Waals surface area contributed by atoms with Crippen molar-refractivity contribution in [2.24, 2.45) is 5.92 Å². The van der Waals surface area contributed by atoms with Crippen molar-refractivity contribution in [3.63, 3.8) is 0 Å². The van der Waals surface area contributed by atoms with Crippen LogP contribution in [-0.2, 0) is 20.4 Å². The summed E-state index contributed by atoms with van der Waals surface area (Å²) in [4.78, 5) is 29.5. The predicted molar refractivity (Wildman–Crippen MR) is 108 cm³/mol. The van der Waals surface area contributed by atoms with Crippen molar-refractivity contribution in [1.82, 2.24) is 9.80 Å². The molecule has 3 heterocycles. The summed E-state index contributed by atoms with van der Waals surface area (Å²) in [5.41, 5.74) is 1.26. The Morgan fingerprint density at radius 1 is 1.00 bits per heavy atom. The van der Waals surface area contributed by atoms with Crippen molar-refractivity contribution in [3.05, 3.63) is 35.9 Å². The number of rotatable bonds is 5. The molecule has 0 N–H and O–H groups in total. The van der Waals surface area contributed by atoms with E-state index in [1.54, 1.807) is 0 Å². The van der Waals surface area contributed by atoms with Crippen molar-refractivity contribution >= 4 is 22.6 Å². The molecule has 150 valence electrons. The average molecular weight is 401 g/mol. The molecule has 6 heteroatoms. The number of hydrogen-bond acceptors (Lipinski definition) is 3. The molecule has 2 amide bonds. The second kappa shape index (κ2) is 7.29. The Labute approximate surface area is 168 Å². The molecule has 2 bridgehead atoms. The van der Waals surface area contributed by atoms with Gasteiger partial charge in [0.2, 0.25) is 11.8 Å². The molecule has 5 atom stereocenters. The zero-order valence-electron chi connectivity index (χ0n) is 16.2. The first-order valence-corrected chi connectivity index (χ1v) is 12.0. The van der Waals surface area contributed by atoms with Crippen LogP contribution in [-0.4, -0.2) is 62.0 Å². The second-order valence-electron chi connectivity index (χ2n) is 8.88. The topological polar surface area (TPSA) is 57.7 Å². The Morgan fingerprint density at radius 3 is 2.36 bits per heavy atom. The normalized spacial score (nSPS) is 32.7. The molecule has 28 heavy (non-hydrogen) atoms. The van der Waals surface area contributed by atoms with Crippen molar-refractivity contribution in [1.29, 1.82) is 0 Å². The third kappa shape index (κ3) is 3.30. The van der Waals surface area contributed by atoms with Crippen LogP contribution >= 0.6 is 0 Å². The van der Waals surface area contributed by atoms with Crippen LogP contribution in [0.5, 0.6) is 0 Å². The fourth-order valence-corrected chi connectivity index (χ4v) is 6.90. The second-order valence-corrected chi connectivity index (χ2v) is 10.6. The van der Waals surface area contributed by atoms with E-state index in [0.29, 0.717) is 19.0 Å². The van der Waals surface area contributed by atoms with Gasteiger partial charge in [-0.3, -0.25) is 13.8 Å². The zero-order chi connectivity index (χ0) is 19.3. The van der Waals surface area contributed by atoms with E-state index in [0.717, 1.165) is 38.5 Å². The van der Waals surface area contributed by atoms with Gasteiger partial charge in [0.15, 0.2) is 0 Å². The molecule has 5 nitrogen and oxygen atoms in total. The lowest BCUT2D eigenvalue weighted by Gasteiger charge is -2.56. The maximum atomic E-state index is 13.0. The molecule has 0 aromatic heterocycles. The van der Waals surface area contributed by atoms with Crippen LogP contribution in [0.25, 0.3) is 0 Å². The highest BCUT2D eigenvalue weighted by Gasteiger charge is 2.54. The Morgan fingerprint density at radius 2 is 1.68 bits per heavy atom. The number of hydrogen-bond donors (Lipinski definition) is 0. The van der Waals surface area contributed by atoms with Crippen LogP contribution in [0.15, 0.2) is 30.3 Å². The van der Waals surface area contributed by atoms with E-state index in [-0.39, 0.29) is 40.8 Å². The van der Waals surface area contributed by atoms with Gasteiger partial charge in [0.1, 0.15) is 5.75 Å². The first-order valence-electron chi connectivity index (χ1n) is 10.6. The summed E-state index contributed by atoms with van der Waals surface area (Å²) in [6.07, 6.45) is 6.22. The summed E-state index contributed by atoms with van der Waals surface area (Å²) in [7, 11) is -1.04. The molecule has 2 saturated carbocycles. The molecule has 0 spiro atoms. The van der Waals surface area contributed by atoms with Crippen LogP contribution in [0.3, 0.4) is 0 Å². The lowest BCUT2D eigenvalue weighted by atomic mass is 9.86. The molecule has 1 aromatic carbocycles. The lowest BCUT2D eigenvalue weighted by molar-refractivity contribution is -0.161. The lowest BCUT2D eigenvalue weighted by Crippen LogP contribution is -2.71. The molecular weight excluding hydrogens is 372 g/mol. The molecule has 4 unspecified atom stereocenters. The van der Waals surface area contributed by atoms with E-state index in [1.165, 1.54) is 5.56 Å². The molecular formula is C22H28N2O3S. The number of piperazine rings is 1. The van der Waals surface area contributed by atoms with Gasteiger partial charge < -0.3 is 9.80 Å². The maximum Gasteiger partial charge on any atom is 0.235 e. The van der Waals surface area contributed by atoms with E-state index in [9.17, 15) is 13.8 Å². The minimum atomic E-state index is -1.04. The smallest absolute Gasteiger partial charge is 0.235 e.